The summed E-state index contributed by atoms with van der Waals surface area (Å²) in [4.78, 5) is 11.3. The maximum Gasteiger partial charge on any atom is 0.321 e. The van der Waals surface area contributed by atoms with Crippen LogP contribution in [0.1, 0.15) is 20.3 Å². The van der Waals surface area contributed by atoms with Crippen molar-refractivity contribution in [2.75, 3.05) is 26.2 Å². The van der Waals surface area contributed by atoms with E-state index >= 15 is 0 Å². The van der Waals surface area contributed by atoms with Crippen LogP contribution in [0.5, 0.6) is 0 Å². The summed E-state index contributed by atoms with van der Waals surface area (Å²) in [6.07, 6.45) is 2.10. The van der Waals surface area contributed by atoms with Gasteiger partial charge < -0.3 is 4.74 Å². The molecular formula is C10H20N2O4S. The van der Waals surface area contributed by atoms with E-state index in [1.165, 1.54) is 6.08 Å². The van der Waals surface area contributed by atoms with Crippen LogP contribution in [-0.4, -0.2) is 44.9 Å². The normalized spacial score (nSPS) is 11.5. The lowest BCUT2D eigenvalue weighted by Gasteiger charge is -2.19. The lowest BCUT2D eigenvalue weighted by atomic mass is 10.5. The zero-order valence-electron chi connectivity index (χ0n) is 10.3. The maximum absolute atomic E-state index is 11.8. The van der Waals surface area contributed by atoms with Crippen molar-refractivity contribution >= 4 is 16.2 Å². The molecule has 0 aliphatic carbocycles. The quantitative estimate of drug-likeness (QED) is 0.479. The second-order valence-corrected chi connectivity index (χ2v) is 5.04. The van der Waals surface area contributed by atoms with Crippen LogP contribution in [-0.2, 0) is 19.7 Å². The third kappa shape index (κ3) is 6.40. The Hall–Kier alpha value is -0.920. The first-order chi connectivity index (χ1) is 7.97. The standard InChI is InChI=1S/C10H20N2O4S/c1-4-7-11-17(14,15)12(8-5-2)9-10(13)16-6-3/h5,11H,2,4,6-9H2,1,3H3. The smallest absolute Gasteiger partial charge is 0.321 e. The van der Waals surface area contributed by atoms with Gasteiger partial charge in [0.2, 0.25) is 0 Å². The molecule has 0 unspecified atom stereocenters. The van der Waals surface area contributed by atoms with Gasteiger partial charge in [-0.1, -0.05) is 13.0 Å². The Morgan fingerprint density at radius 1 is 1.47 bits per heavy atom. The molecule has 0 saturated carbocycles. The fourth-order valence-corrected chi connectivity index (χ4v) is 2.29. The van der Waals surface area contributed by atoms with E-state index in [1.54, 1.807) is 6.92 Å². The van der Waals surface area contributed by atoms with E-state index in [9.17, 15) is 13.2 Å². The molecule has 0 aromatic rings. The van der Waals surface area contributed by atoms with Gasteiger partial charge in [0.25, 0.3) is 10.2 Å². The summed E-state index contributed by atoms with van der Waals surface area (Å²) in [7, 11) is -3.65. The highest BCUT2D eigenvalue weighted by Gasteiger charge is 2.23. The van der Waals surface area contributed by atoms with Gasteiger partial charge in [-0.2, -0.15) is 12.7 Å². The van der Waals surface area contributed by atoms with Gasteiger partial charge in [0, 0.05) is 13.1 Å². The lowest BCUT2D eigenvalue weighted by molar-refractivity contribution is -0.143. The number of ether oxygens (including phenoxy) is 1. The molecule has 0 heterocycles. The van der Waals surface area contributed by atoms with Crippen LogP contribution in [0.2, 0.25) is 0 Å². The summed E-state index contributed by atoms with van der Waals surface area (Å²) >= 11 is 0. The molecule has 0 spiro atoms. The molecule has 0 saturated heterocycles. The molecule has 1 N–H and O–H groups in total. The van der Waals surface area contributed by atoms with Crippen molar-refractivity contribution in [3.05, 3.63) is 12.7 Å². The molecule has 100 valence electrons. The highest BCUT2D eigenvalue weighted by atomic mass is 32.2. The van der Waals surface area contributed by atoms with E-state index in [-0.39, 0.29) is 19.7 Å². The van der Waals surface area contributed by atoms with E-state index in [1.807, 2.05) is 6.92 Å². The molecule has 0 radical (unpaired) electrons. The van der Waals surface area contributed by atoms with Crippen molar-refractivity contribution in [2.24, 2.45) is 0 Å². The van der Waals surface area contributed by atoms with Crippen molar-refractivity contribution < 1.29 is 17.9 Å². The Labute approximate surface area is 103 Å². The van der Waals surface area contributed by atoms with Gasteiger partial charge in [0.05, 0.1) is 6.61 Å². The molecule has 6 nitrogen and oxygen atoms in total. The highest BCUT2D eigenvalue weighted by molar-refractivity contribution is 7.87. The molecule has 0 aromatic carbocycles. The van der Waals surface area contributed by atoms with Crippen molar-refractivity contribution in [3.63, 3.8) is 0 Å². The molecule has 0 aliphatic rings. The summed E-state index contributed by atoms with van der Waals surface area (Å²) in [6, 6.07) is 0. The highest BCUT2D eigenvalue weighted by Crippen LogP contribution is 1.99. The molecular weight excluding hydrogens is 244 g/mol. The van der Waals surface area contributed by atoms with Crippen LogP contribution in [0.25, 0.3) is 0 Å². The SMILES string of the molecule is C=CCN(CC(=O)OCC)S(=O)(=O)NCCC. The summed E-state index contributed by atoms with van der Waals surface area (Å²) in [6.45, 7) is 7.30. The molecule has 17 heavy (non-hydrogen) atoms. The Morgan fingerprint density at radius 2 is 2.12 bits per heavy atom. The number of carbonyl (C=O) groups excluding carboxylic acids is 1. The Kier molecular flexibility index (Phi) is 7.77. The summed E-state index contributed by atoms with van der Waals surface area (Å²) < 4.78 is 31.6. The number of hydrogen-bond acceptors (Lipinski definition) is 4. The third-order valence-electron chi connectivity index (χ3n) is 1.82. The predicted octanol–water partition coefficient (Wildman–Crippen LogP) is 0.282. The Balaban J connectivity index is 4.60. The van der Waals surface area contributed by atoms with Gasteiger partial charge in [0.1, 0.15) is 6.54 Å². The Bertz CT molecular complexity index is 340. The Morgan fingerprint density at radius 3 is 2.59 bits per heavy atom. The summed E-state index contributed by atoms with van der Waals surface area (Å²) in [5, 5.41) is 0. The van der Waals surface area contributed by atoms with Gasteiger partial charge in [-0.25, -0.2) is 4.72 Å². The van der Waals surface area contributed by atoms with E-state index < -0.39 is 16.2 Å². The van der Waals surface area contributed by atoms with Crippen LogP contribution in [0.3, 0.4) is 0 Å². The number of nitrogens with one attached hydrogen (secondary N) is 1. The van der Waals surface area contributed by atoms with Gasteiger partial charge in [-0.3, -0.25) is 4.79 Å². The molecule has 0 atom stereocenters. The topological polar surface area (TPSA) is 75.7 Å². The van der Waals surface area contributed by atoms with Gasteiger partial charge >= 0.3 is 5.97 Å². The van der Waals surface area contributed by atoms with E-state index in [0.717, 1.165) is 4.31 Å². The number of carbonyl (C=O) groups is 1. The average Bonchev–Trinajstić information content (AvgIpc) is 2.26. The zero-order valence-corrected chi connectivity index (χ0v) is 11.1. The largest absolute Gasteiger partial charge is 0.465 e. The number of hydrogen-bond donors (Lipinski definition) is 1. The fourth-order valence-electron chi connectivity index (χ4n) is 1.06. The lowest BCUT2D eigenvalue weighted by Crippen LogP contribution is -2.44. The minimum atomic E-state index is -3.65. The number of nitrogens with zero attached hydrogens (tertiary/aromatic N) is 1. The van der Waals surface area contributed by atoms with Crippen LogP contribution in [0.4, 0.5) is 0 Å². The van der Waals surface area contributed by atoms with Crippen LogP contribution in [0, 0.1) is 0 Å². The van der Waals surface area contributed by atoms with Crippen LogP contribution >= 0.6 is 0 Å². The van der Waals surface area contributed by atoms with Gasteiger partial charge in [0.15, 0.2) is 0 Å². The van der Waals surface area contributed by atoms with Crippen molar-refractivity contribution in [1.82, 2.24) is 9.03 Å². The third-order valence-corrected chi connectivity index (χ3v) is 3.34. The molecule has 0 fully saturated rings. The van der Waals surface area contributed by atoms with Crippen LogP contribution in [0.15, 0.2) is 12.7 Å². The second-order valence-electron chi connectivity index (χ2n) is 3.29. The van der Waals surface area contributed by atoms with Gasteiger partial charge in [-0.05, 0) is 13.3 Å². The van der Waals surface area contributed by atoms with E-state index in [2.05, 4.69) is 11.3 Å². The van der Waals surface area contributed by atoms with Crippen LogP contribution < -0.4 is 4.72 Å². The van der Waals surface area contributed by atoms with Gasteiger partial charge in [-0.15, -0.1) is 6.58 Å². The van der Waals surface area contributed by atoms with Crippen molar-refractivity contribution in [2.45, 2.75) is 20.3 Å². The molecule has 0 amide bonds. The molecule has 0 aliphatic heterocycles. The first-order valence-electron chi connectivity index (χ1n) is 5.49. The first-order valence-corrected chi connectivity index (χ1v) is 6.93. The molecule has 0 bridgehead atoms. The van der Waals surface area contributed by atoms with E-state index in [4.69, 9.17) is 4.74 Å². The average molecular weight is 264 g/mol. The second kappa shape index (κ2) is 8.21. The summed E-state index contributed by atoms with van der Waals surface area (Å²) in [5.74, 6) is -0.573. The number of rotatable bonds is 9. The minimum Gasteiger partial charge on any atom is -0.465 e. The molecule has 0 aromatic heterocycles. The minimum absolute atomic E-state index is 0.0673. The number of esters is 1. The van der Waals surface area contributed by atoms with Crippen molar-refractivity contribution in [3.8, 4) is 0 Å². The first kappa shape index (κ1) is 16.1. The zero-order chi connectivity index (χ0) is 13.3. The van der Waals surface area contributed by atoms with Crippen molar-refractivity contribution in [1.29, 1.82) is 0 Å². The summed E-state index contributed by atoms with van der Waals surface area (Å²) in [5.41, 5.74) is 0. The maximum atomic E-state index is 11.8. The van der Waals surface area contributed by atoms with E-state index in [0.29, 0.717) is 13.0 Å². The fraction of sp³-hybridized carbons (Fsp3) is 0.700. The predicted molar refractivity (Wildman–Crippen MR) is 65.6 cm³/mol. The molecule has 0 rings (SSSR count). The molecule has 7 heteroatoms. The monoisotopic (exact) mass is 264 g/mol.